The molecule has 0 radical (unpaired) electrons. The summed E-state index contributed by atoms with van der Waals surface area (Å²) in [5.41, 5.74) is 1.60. The van der Waals surface area contributed by atoms with Crippen molar-refractivity contribution < 1.29 is 9.59 Å². The van der Waals surface area contributed by atoms with Gasteiger partial charge in [-0.15, -0.1) is 0 Å². The third-order valence-electron chi connectivity index (χ3n) is 7.75. The minimum absolute atomic E-state index is 0.141. The Bertz CT molecular complexity index is 888. The summed E-state index contributed by atoms with van der Waals surface area (Å²) < 4.78 is 0. The van der Waals surface area contributed by atoms with E-state index in [2.05, 4.69) is 15.6 Å². The van der Waals surface area contributed by atoms with Crippen LogP contribution in [0.4, 0.5) is 11.4 Å². The highest BCUT2D eigenvalue weighted by Crippen LogP contribution is 2.58. The predicted molar refractivity (Wildman–Crippen MR) is 108 cm³/mol. The van der Waals surface area contributed by atoms with E-state index in [1.807, 2.05) is 18.2 Å². The Morgan fingerprint density at radius 1 is 0.750 bits per heavy atom. The summed E-state index contributed by atoms with van der Waals surface area (Å²) in [5, 5.41) is 8.09. The van der Waals surface area contributed by atoms with Crippen molar-refractivity contribution in [2.75, 3.05) is 10.6 Å². The Hall–Kier alpha value is -2.43. The molecule has 4 aliphatic rings. The molecule has 5 heteroatoms. The second-order valence-electron chi connectivity index (χ2n) is 9.13. The lowest BCUT2D eigenvalue weighted by molar-refractivity contribution is -0.118. The van der Waals surface area contributed by atoms with Crippen LogP contribution in [0.1, 0.15) is 38.5 Å². The van der Waals surface area contributed by atoms with Crippen LogP contribution >= 0.6 is 0 Å². The number of anilines is 2. The Morgan fingerprint density at radius 2 is 1.25 bits per heavy atom. The number of hydrogen-bond donors (Lipinski definition) is 2. The second kappa shape index (κ2) is 6.03. The maximum Gasteiger partial charge on any atom is 0.228 e. The molecule has 4 atom stereocenters. The fourth-order valence-electron chi connectivity index (χ4n) is 6.26. The number of nitrogens with zero attached hydrogens (tertiary/aromatic N) is 1. The highest BCUT2D eigenvalue weighted by Gasteiger charge is 2.57. The van der Waals surface area contributed by atoms with Crippen molar-refractivity contribution in [3.63, 3.8) is 0 Å². The van der Waals surface area contributed by atoms with Crippen molar-refractivity contribution in [1.82, 2.24) is 4.98 Å². The molecule has 28 heavy (non-hydrogen) atoms. The first kappa shape index (κ1) is 16.5. The first-order valence-electron chi connectivity index (χ1n) is 10.7. The smallest absolute Gasteiger partial charge is 0.228 e. The molecule has 5 nitrogen and oxygen atoms in total. The molecule has 0 spiro atoms. The molecule has 4 aliphatic carbocycles. The van der Waals surface area contributed by atoms with Crippen molar-refractivity contribution in [3.8, 4) is 0 Å². The molecule has 2 N–H and O–H groups in total. The molecule has 4 unspecified atom stereocenters. The zero-order valence-electron chi connectivity index (χ0n) is 15.9. The maximum absolute atomic E-state index is 12.7. The summed E-state index contributed by atoms with van der Waals surface area (Å²) in [6.07, 6.45) is 10.8. The molecule has 4 fully saturated rings. The van der Waals surface area contributed by atoms with Gasteiger partial charge in [-0.2, -0.15) is 0 Å². The van der Waals surface area contributed by atoms with Crippen molar-refractivity contribution in [2.45, 2.75) is 38.5 Å². The van der Waals surface area contributed by atoms with E-state index in [4.69, 9.17) is 0 Å². The zero-order valence-corrected chi connectivity index (χ0v) is 15.9. The third kappa shape index (κ3) is 2.48. The number of carbonyl (C=O) groups excluding carboxylic acids is 2. The van der Waals surface area contributed by atoms with Crippen molar-refractivity contribution in [3.05, 3.63) is 30.6 Å². The van der Waals surface area contributed by atoms with Gasteiger partial charge in [-0.05, 0) is 67.6 Å². The lowest BCUT2D eigenvalue weighted by Crippen LogP contribution is -2.18. The molecule has 1 aromatic heterocycles. The van der Waals surface area contributed by atoms with Crippen LogP contribution in [-0.4, -0.2) is 16.8 Å². The maximum atomic E-state index is 12.7. The number of pyridine rings is 1. The number of fused-ring (bicyclic) bond motifs is 3. The van der Waals surface area contributed by atoms with E-state index in [-0.39, 0.29) is 23.7 Å². The highest BCUT2D eigenvalue weighted by molar-refractivity contribution is 6.10. The van der Waals surface area contributed by atoms with E-state index in [9.17, 15) is 9.59 Å². The molecule has 1 aromatic carbocycles. The molecule has 144 valence electrons. The lowest BCUT2D eigenvalue weighted by atomic mass is 10.1. The number of rotatable bonds is 4. The average molecular weight is 375 g/mol. The van der Waals surface area contributed by atoms with E-state index in [1.54, 1.807) is 12.4 Å². The Labute approximate surface area is 164 Å². The van der Waals surface area contributed by atoms with Gasteiger partial charge < -0.3 is 10.6 Å². The molecule has 1 heterocycles. The normalized spacial score (nSPS) is 34.6. The second-order valence-corrected chi connectivity index (χ2v) is 9.13. The van der Waals surface area contributed by atoms with E-state index < -0.39 is 0 Å². The quantitative estimate of drug-likeness (QED) is 0.841. The largest absolute Gasteiger partial charge is 0.325 e. The van der Waals surface area contributed by atoms with E-state index in [0.29, 0.717) is 23.7 Å². The number of benzene rings is 1. The number of amides is 2. The molecular formula is C23H25N3O2. The molecule has 0 aliphatic heterocycles. The topological polar surface area (TPSA) is 71.1 Å². The summed E-state index contributed by atoms with van der Waals surface area (Å²) in [6.45, 7) is 0. The van der Waals surface area contributed by atoms with Crippen LogP contribution in [0.3, 0.4) is 0 Å². The molecule has 2 aromatic rings. The van der Waals surface area contributed by atoms with Gasteiger partial charge in [-0.25, -0.2) is 0 Å². The molecule has 4 saturated carbocycles. The summed E-state index contributed by atoms with van der Waals surface area (Å²) >= 11 is 0. The van der Waals surface area contributed by atoms with Gasteiger partial charge in [0, 0.05) is 40.7 Å². The first-order chi connectivity index (χ1) is 13.7. The van der Waals surface area contributed by atoms with Gasteiger partial charge in [-0.1, -0.05) is 12.8 Å². The van der Waals surface area contributed by atoms with Gasteiger partial charge in [0.25, 0.3) is 0 Å². The van der Waals surface area contributed by atoms with Crippen LogP contribution in [0.25, 0.3) is 10.8 Å². The number of nitrogens with one attached hydrogen (secondary N) is 2. The molecular weight excluding hydrogens is 350 g/mol. The molecule has 0 bridgehead atoms. The van der Waals surface area contributed by atoms with Gasteiger partial charge in [0.2, 0.25) is 11.8 Å². The molecule has 2 amide bonds. The number of carbonyl (C=O) groups is 2. The first-order valence-corrected chi connectivity index (χ1v) is 10.7. The zero-order chi connectivity index (χ0) is 18.8. The minimum atomic E-state index is 0.141. The summed E-state index contributed by atoms with van der Waals surface area (Å²) in [4.78, 5) is 29.7. The monoisotopic (exact) mass is 375 g/mol. The van der Waals surface area contributed by atoms with Crippen LogP contribution in [-0.2, 0) is 9.59 Å². The number of hydrogen-bond acceptors (Lipinski definition) is 3. The summed E-state index contributed by atoms with van der Waals surface area (Å²) in [7, 11) is 0. The van der Waals surface area contributed by atoms with Crippen LogP contribution in [0.5, 0.6) is 0 Å². The minimum Gasteiger partial charge on any atom is -0.325 e. The summed E-state index contributed by atoms with van der Waals surface area (Å²) in [6, 6.07) is 5.74. The van der Waals surface area contributed by atoms with Crippen molar-refractivity contribution in [1.29, 1.82) is 0 Å². The van der Waals surface area contributed by atoms with Crippen LogP contribution in [0.15, 0.2) is 30.6 Å². The van der Waals surface area contributed by atoms with Gasteiger partial charge >= 0.3 is 0 Å². The fourth-order valence-corrected chi connectivity index (χ4v) is 6.26. The van der Waals surface area contributed by atoms with Crippen molar-refractivity contribution >= 4 is 34.0 Å². The number of aromatic nitrogens is 1. The van der Waals surface area contributed by atoms with Gasteiger partial charge in [0.1, 0.15) is 0 Å². The molecule has 6 rings (SSSR count). The van der Waals surface area contributed by atoms with Crippen LogP contribution in [0.2, 0.25) is 0 Å². The third-order valence-corrected chi connectivity index (χ3v) is 7.75. The van der Waals surface area contributed by atoms with Gasteiger partial charge in [-0.3, -0.25) is 14.6 Å². The van der Waals surface area contributed by atoms with Crippen molar-refractivity contribution in [2.24, 2.45) is 35.5 Å². The highest BCUT2D eigenvalue weighted by atomic mass is 16.2. The van der Waals surface area contributed by atoms with Gasteiger partial charge in [0.05, 0.1) is 5.69 Å². The Balaban J connectivity index is 1.23. The predicted octanol–water partition coefficient (Wildman–Crippen LogP) is 4.20. The SMILES string of the molecule is O=C(Nc1ccc(NC(=O)C2C3CCCC32)c2cnccc12)C1C2CCCC21. The van der Waals surface area contributed by atoms with Crippen LogP contribution < -0.4 is 10.6 Å². The van der Waals surface area contributed by atoms with Crippen LogP contribution in [0, 0.1) is 35.5 Å². The van der Waals surface area contributed by atoms with E-state index in [0.717, 1.165) is 22.1 Å². The standard InChI is InChI=1S/C23H25N3O2/c27-22(20-13-3-1-4-14(13)20)25-18-7-8-19(17-11-24-10-9-12(17)18)26-23(28)21-15-5-2-6-16(15)21/h7-11,13-16,20-21H,1-6H2,(H,25,27)(H,26,28). The fraction of sp³-hybridized carbons (Fsp3) is 0.522. The Kier molecular flexibility index (Phi) is 3.56. The van der Waals surface area contributed by atoms with Gasteiger partial charge in [0.15, 0.2) is 0 Å². The van der Waals surface area contributed by atoms with E-state index in [1.165, 1.54) is 38.5 Å². The lowest BCUT2D eigenvalue weighted by Gasteiger charge is -2.14. The average Bonchev–Trinajstić information content (AvgIpc) is 3.42. The summed E-state index contributed by atoms with van der Waals surface area (Å²) in [5.74, 6) is 3.07. The Morgan fingerprint density at radius 3 is 1.79 bits per heavy atom. The molecule has 0 saturated heterocycles. The van der Waals surface area contributed by atoms with E-state index >= 15 is 0 Å².